The lowest BCUT2D eigenvalue weighted by Crippen LogP contribution is -2.40. The van der Waals surface area contributed by atoms with Gasteiger partial charge in [-0.15, -0.1) is 0 Å². The number of rotatable bonds is 4. The number of hydrogen-bond acceptors (Lipinski definition) is 10. The molecule has 2 aliphatic heterocycles. The van der Waals surface area contributed by atoms with Crippen LogP contribution < -0.4 is 11.1 Å². The number of fused-ring (bicyclic) bond motifs is 2. The van der Waals surface area contributed by atoms with E-state index >= 15 is 0 Å². The first-order valence-electron chi connectivity index (χ1n) is 9.26. The predicted octanol–water partition coefficient (Wildman–Crippen LogP) is 0.533. The molecule has 2 aromatic heterocycles. The molecule has 154 valence electrons. The van der Waals surface area contributed by atoms with Gasteiger partial charge in [0.2, 0.25) is 5.95 Å². The van der Waals surface area contributed by atoms with E-state index in [0.29, 0.717) is 23.7 Å². The van der Waals surface area contributed by atoms with Gasteiger partial charge < -0.3 is 20.9 Å². The number of benzene rings is 1. The van der Waals surface area contributed by atoms with E-state index in [1.165, 1.54) is 6.33 Å². The van der Waals surface area contributed by atoms with E-state index < -0.39 is 32.4 Å². The fraction of sp³-hybridized carbons (Fsp3) is 0.353. The van der Waals surface area contributed by atoms with E-state index in [9.17, 15) is 10.00 Å². The minimum absolute atomic E-state index is 0.00443. The molecule has 3 aromatic rings. The summed E-state index contributed by atoms with van der Waals surface area (Å²) in [5, 5.41) is 14.2. The fourth-order valence-electron chi connectivity index (χ4n) is 3.65. The number of hydrogen-bond donors (Lipinski definition) is 4. The number of nitrogens with two attached hydrogens (primary N) is 1. The van der Waals surface area contributed by atoms with Gasteiger partial charge in [0.1, 0.15) is 25.1 Å². The Hall–Kier alpha value is -2.34. The normalized spacial score (nSPS) is 31.0. The largest absolute Gasteiger partial charge is 0.488 e. The van der Waals surface area contributed by atoms with Crippen molar-refractivity contribution in [2.75, 3.05) is 17.7 Å². The molecule has 0 spiro atoms. The van der Waals surface area contributed by atoms with Crippen molar-refractivity contribution in [3.63, 3.8) is 0 Å². The van der Waals surface area contributed by atoms with Crippen LogP contribution in [-0.4, -0.2) is 62.0 Å². The summed E-state index contributed by atoms with van der Waals surface area (Å²) in [6, 6.07) is 9.75. The van der Waals surface area contributed by atoms with E-state index in [4.69, 9.17) is 27.1 Å². The molecule has 0 saturated carbocycles. The summed E-state index contributed by atoms with van der Waals surface area (Å²) in [5.74, 6) is 0.593. The van der Waals surface area contributed by atoms with Crippen LogP contribution in [0, 0.1) is 0 Å². The monoisotopic (exact) mass is 429 g/mol. The first-order valence-corrected chi connectivity index (χ1v) is 10.9. The summed E-state index contributed by atoms with van der Waals surface area (Å²) in [5.41, 5.74) is 7.78. The van der Waals surface area contributed by atoms with E-state index in [-0.39, 0.29) is 12.4 Å². The second-order valence-electron chi connectivity index (χ2n) is 7.06. The molecule has 30 heavy (non-hydrogen) atoms. The zero-order valence-electron chi connectivity index (χ0n) is 15.7. The molecule has 1 aromatic carbocycles. The topological polar surface area (TPSA) is 150 Å². The molecule has 5 rings (SSSR count). The number of nitrogens with zero attached hydrogens (tertiary/aromatic N) is 4. The number of aliphatic hydroxyl groups is 1. The van der Waals surface area contributed by atoms with Gasteiger partial charge in [0.25, 0.3) is 0 Å². The highest BCUT2D eigenvalue weighted by atomic mass is 31.2. The average molecular weight is 429 g/mol. The van der Waals surface area contributed by atoms with E-state index in [1.54, 1.807) is 4.57 Å². The molecule has 0 aliphatic carbocycles. The predicted molar refractivity (Wildman–Crippen MR) is 109 cm³/mol. The summed E-state index contributed by atoms with van der Waals surface area (Å²) in [6.07, 6.45) is -2.23. The maximum Gasteiger partial charge on any atom is 0.488 e. The van der Waals surface area contributed by atoms with Gasteiger partial charge in [0, 0.05) is 6.54 Å². The SMILES string of the molecule is [B][P+]1(O)OC[C@H]2O[C@@H](n3c(NCc4ccccc4)nc4c(N)ncnc43)C(O)[C@@H]2O1. The summed E-state index contributed by atoms with van der Waals surface area (Å²) in [6.45, 7) is 0.469. The van der Waals surface area contributed by atoms with Crippen LogP contribution in [0.4, 0.5) is 11.8 Å². The quantitative estimate of drug-likeness (QED) is 0.342. The van der Waals surface area contributed by atoms with Gasteiger partial charge in [-0.25, -0.2) is 19.8 Å². The van der Waals surface area contributed by atoms with Crippen LogP contribution in [0.2, 0.25) is 0 Å². The number of nitrogen functional groups attached to an aromatic ring is 1. The summed E-state index contributed by atoms with van der Waals surface area (Å²) < 4.78 is 18.1. The highest BCUT2D eigenvalue weighted by Gasteiger charge is 2.57. The third-order valence-corrected chi connectivity index (χ3v) is 6.12. The van der Waals surface area contributed by atoms with Crippen molar-refractivity contribution in [3.8, 4) is 0 Å². The zero-order valence-corrected chi connectivity index (χ0v) is 16.6. The molecule has 2 fully saturated rings. The number of ether oxygens (including phenoxy) is 1. The van der Waals surface area contributed by atoms with E-state index in [2.05, 4.69) is 20.3 Å². The van der Waals surface area contributed by atoms with Crippen molar-refractivity contribution in [2.24, 2.45) is 0 Å². The Morgan fingerprint density at radius 1 is 1.30 bits per heavy atom. The fourth-order valence-corrected chi connectivity index (χ4v) is 4.68. The molecule has 4 heterocycles. The number of anilines is 2. The third-order valence-electron chi connectivity index (χ3n) is 5.06. The van der Waals surface area contributed by atoms with E-state index in [1.807, 2.05) is 30.3 Å². The van der Waals surface area contributed by atoms with Gasteiger partial charge in [0.15, 0.2) is 29.3 Å². The molecule has 2 radical (unpaired) electrons. The molecule has 0 bridgehead atoms. The summed E-state index contributed by atoms with van der Waals surface area (Å²) in [4.78, 5) is 22.7. The Morgan fingerprint density at radius 2 is 2.10 bits per heavy atom. The van der Waals surface area contributed by atoms with Gasteiger partial charge in [-0.3, -0.25) is 4.57 Å². The first kappa shape index (κ1) is 19.6. The Morgan fingerprint density at radius 3 is 2.90 bits per heavy atom. The second-order valence-corrected chi connectivity index (χ2v) is 8.66. The molecule has 2 saturated heterocycles. The van der Waals surface area contributed by atoms with Crippen LogP contribution >= 0.6 is 7.82 Å². The highest BCUT2D eigenvalue weighted by Crippen LogP contribution is 2.58. The van der Waals surface area contributed by atoms with Gasteiger partial charge >= 0.3 is 15.4 Å². The minimum atomic E-state index is -3.49. The van der Waals surface area contributed by atoms with Crippen molar-refractivity contribution in [1.29, 1.82) is 0 Å². The first-order chi connectivity index (χ1) is 14.4. The molecule has 2 aliphatic rings. The molecule has 13 heteroatoms. The maximum atomic E-state index is 10.9. The third kappa shape index (κ3) is 3.41. The zero-order chi connectivity index (χ0) is 20.9. The van der Waals surface area contributed by atoms with Gasteiger partial charge in [0.05, 0.1) is 0 Å². The molecule has 0 amide bonds. The van der Waals surface area contributed by atoms with Gasteiger partial charge in [-0.1, -0.05) is 30.3 Å². The van der Waals surface area contributed by atoms with Crippen LogP contribution in [0.5, 0.6) is 0 Å². The minimum Gasteiger partial charge on any atom is -0.385 e. The summed E-state index contributed by atoms with van der Waals surface area (Å²) in [7, 11) is 2.11. The molecular weight excluding hydrogens is 410 g/mol. The molecule has 2 unspecified atom stereocenters. The van der Waals surface area contributed by atoms with Crippen LogP contribution in [0.1, 0.15) is 11.8 Å². The van der Waals surface area contributed by atoms with Crippen molar-refractivity contribution >= 4 is 38.3 Å². The highest BCUT2D eigenvalue weighted by molar-refractivity contribution is 7.85. The van der Waals surface area contributed by atoms with Crippen LogP contribution in [-0.2, 0) is 20.3 Å². The van der Waals surface area contributed by atoms with Crippen LogP contribution in [0.25, 0.3) is 11.2 Å². The summed E-state index contributed by atoms with van der Waals surface area (Å²) >= 11 is 0. The van der Waals surface area contributed by atoms with Crippen LogP contribution in [0.3, 0.4) is 0 Å². The number of nitrogens with one attached hydrogen (secondary N) is 1. The van der Waals surface area contributed by atoms with Crippen molar-refractivity contribution in [3.05, 3.63) is 42.2 Å². The molecule has 5 N–H and O–H groups in total. The maximum absolute atomic E-state index is 10.9. The number of aromatic nitrogens is 4. The average Bonchev–Trinajstić information content (AvgIpc) is 3.25. The Labute approximate surface area is 173 Å². The lowest BCUT2D eigenvalue weighted by molar-refractivity contribution is -0.0597. The van der Waals surface area contributed by atoms with Crippen molar-refractivity contribution in [1.82, 2.24) is 19.5 Å². The smallest absolute Gasteiger partial charge is 0.385 e. The van der Waals surface area contributed by atoms with Gasteiger partial charge in [-0.2, -0.15) is 9.05 Å². The van der Waals surface area contributed by atoms with E-state index in [0.717, 1.165) is 5.56 Å². The lowest BCUT2D eigenvalue weighted by atomic mass is 10.1. The number of imidazole rings is 1. The standard InChI is InChI=1S/C17H19BN6O5P/c18-30(26)27-7-10-13(29-30)12(25)16(28-10)24-15-11(14(19)21-8-22-15)23-17(24)20-6-9-4-2-1-3-5-9/h1-5,8,10,12-13,16,25-26H,6-7H2,(H,20,23)(H2,19,21,22)/q+1/t10-,12?,13-,16-,30?/m1/s1. The van der Waals surface area contributed by atoms with Crippen molar-refractivity contribution in [2.45, 2.75) is 31.1 Å². The van der Waals surface area contributed by atoms with Gasteiger partial charge in [-0.05, 0) is 5.56 Å². The lowest BCUT2D eigenvalue weighted by Gasteiger charge is -2.27. The Kier molecular flexibility index (Phi) is 4.85. The molecule has 11 nitrogen and oxygen atoms in total. The van der Waals surface area contributed by atoms with Crippen molar-refractivity contribution < 1.29 is 23.8 Å². The number of aliphatic hydroxyl groups excluding tert-OH is 1. The molecule has 5 atom stereocenters. The second kappa shape index (κ2) is 7.42. The Balaban J connectivity index is 1.52. The molecular formula is C17H19BN6O5P+. The van der Waals surface area contributed by atoms with Crippen LogP contribution in [0.15, 0.2) is 36.7 Å². The Bertz CT molecular complexity index is 1070.